The summed E-state index contributed by atoms with van der Waals surface area (Å²) in [4.78, 5) is 18.0. The molecular formula is C17H11F3N6O3. The predicted octanol–water partition coefficient (Wildman–Crippen LogP) is 4.40. The summed E-state index contributed by atoms with van der Waals surface area (Å²) in [6, 6.07) is 11.1. The third kappa shape index (κ3) is 5.47. The minimum atomic E-state index is -4.76. The molecule has 3 aromatic rings. The second-order valence-corrected chi connectivity index (χ2v) is 5.49. The topological polar surface area (TPSA) is 126 Å². The minimum absolute atomic E-state index is 0.0336. The summed E-state index contributed by atoms with van der Waals surface area (Å²) in [5, 5.41) is 9.64. The molecular weight excluding hydrogens is 393 g/mol. The highest BCUT2D eigenvalue weighted by atomic mass is 19.4. The van der Waals surface area contributed by atoms with Crippen molar-refractivity contribution in [2.24, 2.45) is 5.11 Å². The summed E-state index contributed by atoms with van der Waals surface area (Å²) in [6.45, 7) is 0.0336. The lowest BCUT2D eigenvalue weighted by Gasteiger charge is -2.08. The van der Waals surface area contributed by atoms with E-state index in [1.165, 1.54) is 36.4 Å². The molecule has 29 heavy (non-hydrogen) atoms. The van der Waals surface area contributed by atoms with Gasteiger partial charge in [-0.05, 0) is 59.2 Å². The molecule has 0 bridgehead atoms. The second kappa shape index (κ2) is 8.31. The lowest BCUT2D eigenvalue weighted by atomic mass is 10.2. The van der Waals surface area contributed by atoms with Crippen molar-refractivity contribution in [1.82, 2.24) is 15.2 Å². The van der Waals surface area contributed by atoms with E-state index in [9.17, 15) is 18.0 Å². The van der Waals surface area contributed by atoms with E-state index < -0.39 is 12.3 Å². The Kier molecular flexibility index (Phi) is 5.65. The highest BCUT2D eigenvalue weighted by Gasteiger charge is 2.31. The monoisotopic (exact) mass is 404 g/mol. The van der Waals surface area contributed by atoms with Gasteiger partial charge in [0, 0.05) is 16.0 Å². The van der Waals surface area contributed by atoms with Gasteiger partial charge >= 0.3 is 6.36 Å². The number of H-pyrrole nitrogens is 1. The predicted molar refractivity (Wildman–Crippen MR) is 92.8 cm³/mol. The van der Waals surface area contributed by atoms with Crippen molar-refractivity contribution in [1.29, 1.82) is 0 Å². The van der Waals surface area contributed by atoms with Crippen LogP contribution in [0.1, 0.15) is 16.2 Å². The molecule has 1 aromatic heterocycles. The van der Waals surface area contributed by atoms with Crippen LogP contribution in [0.4, 0.5) is 13.2 Å². The van der Waals surface area contributed by atoms with Gasteiger partial charge in [0.25, 0.3) is 0 Å². The van der Waals surface area contributed by atoms with E-state index in [0.29, 0.717) is 17.1 Å². The Bertz CT molecular complexity index is 1040. The van der Waals surface area contributed by atoms with E-state index in [1.54, 1.807) is 0 Å². The average Bonchev–Trinajstić information content (AvgIpc) is 3.15. The molecule has 3 rings (SSSR count). The summed E-state index contributed by atoms with van der Waals surface area (Å²) >= 11 is 0. The Morgan fingerprint density at radius 3 is 2.38 bits per heavy atom. The van der Waals surface area contributed by atoms with Crippen LogP contribution in [0, 0.1) is 0 Å². The fourth-order valence-corrected chi connectivity index (χ4v) is 2.24. The van der Waals surface area contributed by atoms with Gasteiger partial charge in [-0.15, -0.1) is 13.2 Å². The number of amides is 1. The second-order valence-electron chi connectivity index (χ2n) is 5.49. The Hall–Kier alpha value is -4.05. The zero-order valence-electron chi connectivity index (χ0n) is 14.4. The molecule has 0 aliphatic heterocycles. The molecule has 12 heteroatoms. The van der Waals surface area contributed by atoms with Gasteiger partial charge in [0.1, 0.15) is 18.1 Å². The highest BCUT2D eigenvalue weighted by molar-refractivity contribution is 5.94. The number of hydrogen-bond donors (Lipinski definition) is 1. The summed E-state index contributed by atoms with van der Waals surface area (Å²) in [6.07, 6.45) is -4.76. The van der Waals surface area contributed by atoms with Crippen molar-refractivity contribution in [3.05, 3.63) is 70.4 Å². The van der Waals surface area contributed by atoms with Crippen molar-refractivity contribution in [2.75, 3.05) is 0 Å². The van der Waals surface area contributed by atoms with Crippen LogP contribution in [-0.2, 0) is 6.61 Å². The molecule has 1 heterocycles. The highest BCUT2D eigenvalue weighted by Crippen LogP contribution is 2.25. The van der Waals surface area contributed by atoms with Crippen LogP contribution in [-0.4, -0.2) is 27.5 Å². The van der Waals surface area contributed by atoms with Crippen molar-refractivity contribution in [3.63, 3.8) is 0 Å². The third-order valence-corrected chi connectivity index (χ3v) is 3.49. The lowest BCUT2D eigenvalue weighted by Crippen LogP contribution is -2.16. The number of nitrogens with zero attached hydrogens (tertiary/aromatic N) is 5. The maximum absolute atomic E-state index is 12.2. The number of carbonyl (C=O) groups excluding carboxylic acids is 1. The Morgan fingerprint density at radius 2 is 1.76 bits per heavy atom. The van der Waals surface area contributed by atoms with Crippen LogP contribution in [0.3, 0.4) is 0 Å². The van der Waals surface area contributed by atoms with E-state index in [4.69, 9.17) is 10.3 Å². The number of alkyl halides is 3. The van der Waals surface area contributed by atoms with Gasteiger partial charge in [-0.2, -0.15) is 5.10 Å². The molecule has 1 amide bonds. The summed E-state index contributed by atoms with van der Waals surface area (Å²) in [5.41, 5.74) is 8.96. The summed E-state index contributed by atoms with van der Waals surface area (Å²) < 4.78 is 45.9. The summed E-state index contributed by atoms with van der Waals surface area (Å²) in [5.74, 6) is 0.0460. The van der Waals surface area contributed by atoms with Crippen LogP contribution in [0.2, 0.25) is 0 Å². The van der Waals surface area contributed by atoms with Crippen LogP contribution in [0.5, 0.6) is 11.5 Å². The van der Waals surface area contributed by atoms with Gasteiger partial charge < -0.3 is 9.47 Å². The number of azide groups is 1. The number of ether oxygens (including phenoxy) is 2. The molecule has 0 saturated heterocycles. The molecule has 1 N–H and O–H groups in total. The van der Waals surface area contributed by atoms with Crippen LogP contribution < -0.4 is 9.47 Å². The first-order valence-corrected chi connectivity index (χ1v) is 7.94. The number of halogens is 3. The quantitative estimate of drug-likeness (QED) is 0.370. The van der Waals surface area contributed by atoms with Gasteiger partial charge in [0.05, 0.1) is 0 Å². The van der Waals surface area contributed by atoms with Gasteiger partial charge in [0.2, 0.25) is 5.91 Å². The standard InChI is InChI=1S/C17H11F3N6O3/c18-17(19,20)29-13-7-1-10(2-8-13)15-22-14(23-24-15)9-28-12-5-3-11(4-6-12)16(27)25-26-21/h1-8H,9H2,(H,22,23,24). The maximum Gasteiger partial charge on any atom is 0.573 e. The smallest absolute Gasteiger partial charge is 0.486 e. The van der Waals surface area contributed by atoms with E-state index >= 15 is 0 Å². The van der Waals surface area contributed by atoms with Gasteiger partial charge in [-0.3, -0.25) is 9.89 Å². The van der Waals surface area contributed by atoms with Crippen molar-refractivity contribution < 1.29 is 27.4 Å². The maximum atomic E-state index is 12.2. The molecule has 0 aliphatic carbocycles. The normalized spacial score (nSPS) is 10.9. The summed E-state index contributed by atoms with van der Waals surface area (Å²) in [7, 11) is 0. The Balaban J connectivity index is 1.60. The first-order valence-electron chi connectivity index (χ1n) is 7.94. The SMILES string of the molecule is [N-]=[N+]=NC(=O)c1ccc(OCc2nc(-c3ccc(OC(F)(F)F)cc3)n[nH]2)cc1. The number of benzene rings is 2. The van der Waals surface area contributed by atoms with E-state index in [0.717, 1.165) is 12.1 Å². The lowest BCUT2D eigenvalue weighted by molar-refractivity contribution is -0.274. The largest absolute Gasteiger partial charge is 0.573 e. The van der Waals surface area contributed by atoms with Gasteiger partial charge in [-0.25, -0.2) is 4.98 Å². The van der Waals surface area contributed by atoms with E-state index in [-0.39, 0.29) is 23.7 Å². The van der Waals surface area contributed by atoms with E-state index in [1.807, 2.05) is 0 Å². The average molecular weight is 404 g/mol. The third-order valence-electron chi connectivity index (χ3n) is 3.49. The van der Waals surface area contributed by atoms with Crippen LogP contribution in [0.25, 0.3) is 21.8 Å². The Morgan fingerprint density at radius 1 is 1.10 bits per heavy atom. The number of aromatic nitrogens is 3. The molecule has 0 aliphatic rings. The molecule has 0 radical (unpaired) electrons. The number of carbonyl (C=O) groups is 1. The number of rotatable bonds is 6. The molecule has 0 fully saturated rings. The van der Waals surface area contributed by atoms with Gasteiger partial charge in [0.15, 0.2) is 11.6 Å². The van der Waals surface area contributed by atoms with Crippen LogP contribution >= 0.6 is 0 Å². The molecule has 0 saturated carbocycles. The Labute approximate surface area is 160 Å². The van der Waals surface area contributed by atoms with Crippen molar-refractivity contribution in [2.45, 2.75) is 13.0 Å². The number of hydrogen-bond acceptors (Lipinski definition) is 5. The van der Waals surface area contributed by atoms with Crippen LogP contribution in [0.15, 0.2) is 53.6 Å². The molecule has 0 unspecified atom stereocenters. The van der Waals surface area contributed by atoms with Gasteiger partial charge in [-0.1, -0.05) is 0 Å². The van der Waals surface area contributed by atoms with Crippen molar-refractivity contribution in [3.8, 4) is 22.9 Å². The number of aromatic amines is 1. The molecule has 148 valence electrons. The minimum Gasteiger partial charge on any atom is -0.486 e. The zero-order chi connectivity index (χ0) is 20.9. The molecule has 9 nitrogen and oxygen atoms in total. The first-order chi connectivity index (χ1) is 13.8. The first kappa shape index (κ1) is 19.7. The number of nitrogens with one attached hydrogen (secondary N) is 1. The van der Waals surface area contributed by atoms with E-state index in [2.05, 4.69) is 29.9 Å². The fourth-order valence-electron chi connectivity index (χ4n) is 2.24. The molecule has 2 aromatic carbocycles. The molecule has 0 atom stereocenters. The fraction of sp³-hybridized carbons (Fsp3) is 0.118. The molecule has 0 spiro atoms. The zero-order valence-corrected chi connectivity index (χ0v) is 14.4. The van der Waals surface area contributed by atoms with Crippen molar-refractivity contribution >= 4 is 5.91 Å².